The van der Waals surface area contributed by atoms with Crippen LogP contribution in [0.4, 0.5) is 0 Å². The van der Waals surface area contributed by atoms with Crippen LogP contribution in [0.15, 0.2) is 91.0 Å². The fourth-order valence-corrected chi connectivity index (χ4v) is 9.09. The van der Waals surface area contributed by atoms with Crippen LogP contribution in [0.25, 0.3) is 0 Å². The Hall–Kier alpha value is -3.17. The van der Waals surface area contributed by atoms with Crippen molar-refractivity contribution in [2.75, 3.05) is 26.3 Å². The van der Waals surface area contributed by atoms with E-state index in [2.05, 4.69) is 96.3 Å². The molecule has 5 nitrogen and oxygen atoms in total. The SMILES string of the molecule is C[N+](CC1(C(=O)NCCC[P+](c2ccccc2)(c2ccccc2)c2ccccc2)CC1)=C(N)N. The molecule has 0 aliphatic heterocycles. The summed E-state index contributed by atoms with van der Waals surface area (Å²) in [6.45, 7) is 1.22. The quantitative estimate of drug-likeness (QED) is 0.138. The van der Waals surface area contributed by atoms with E-state index in [0.29, 0.717) is 13.1 Å². The van der Waals surface area contributed by atoms with Gasteiger partial charge in [0.25, 0.3) is 0 Å². The first-order valence-electron chi connectivity index (χ1n) is 11.9. The number of hydrogen-bond donors (Lipinski definition) is 3. The highest BCUT2D eigenvalue weighted by molar-refractivity contribution is 7.95. The zero-order chi connectivity index (χ0) is 24.0. The minimum Gasteiger partial charge on any atom is -0.355 e. The molecule has 0 heterocycles. The van der Waals surface area contributed by atoms with Gasteiger partial charge in [-0.3, -0.25) is 20.8 Å². The van der Waals surface area contributed by atoms with Crippen LogP contribution in [0.1, 0.15) is 19.3 Å². The Labute approximate surface area is 203 Å². The number of nitrogens with two attached hydrogens (primary N) is 2. The summed E-state index contributed by atoms with van der Waals surface area (Å²) in [5.41, 5.74) is 11.0. The summed E-state index contributed by atoms with van der Waals surface area (Å²) in [4.78, 5) is 13.0. The van der Waals surface area contributed by atoms with E-state index < -0.39 is 7.26 Å². The van der Waals surface area contributed by atoms with Crippen molar-refractivity contribution < 1.29 is 9.37 Å². The number of carbonyl (C=O) groups is 1. The molecule has 3 aromatic rings. The smallest absolute Gasteiger partial charge is 0.340 e. The van der Waals surface area contributed by atoms with Gasteiger partial charge in [0.2, 0.25) is 5.91 Å². The molecule has 6 heteroatoms. The molecule has 1 aliphatic rings. The lowest BCUT2D eigenvalue weighted by Gasteiger charge is -2.28. The molecule has 0 spiro atoms. The standard InChI is InChI=1S/C28H33N4OP/c1-32(27(29)30)22-28(18-19-28)26(33)31-20-11-21-34(23-12-5-2-6-13-23,24-14-7-3-8-15-24)25-16-9-4-10-17-25/h2-10,12-17H,11,18-22H2,1H3,(H3-,29,30,31,33)/p+2. The third-order valence-electron chi connectivity index (χ3n) is 6.86. The summed E-state index contributed by atoms with van der Waals surface area (Å²) in [7, 11) is -0.0354. The summed E-state index contributed by atoms with van der Waals surface area (Å²) in [5, 5.41) is 7.32. The van der Waals surface area contributed by atoms with Crippen LogP contribution < -0.4 is 32.7 Å². The number of guanidine groups is 1. The number of nitrogens with one attached hydrogen (secondary N) is 1. The first-order chi connectivity index (χ1) is 16.5. The van der Waals surface area contributed by atoms with Gasteiger partial charge in [0.1, 0.15) is 23.2 Å². The van der Waals surface area contributed by atoms with E-state index >= 15 is 0 Å². The maximum absolute atomic E-state index is 13.0. The second kappa shape index (κ2) is 10.4. The van der Waals surface area contributed by atoms with E-state index in [-0.39, 0.29) is 17.3 Å². The Morgan fingerprint density at radius 1 is 0.853 bits per heavy atom. The van der Waals surface area contributed by atoms with Crippen LogP contribution in [-0.2, 0) is 4.79 Å². The van der Waals surface area contributed by atoms with Gasteiger partial charge in [-0.25, -0.2) is 0 Å². The molecule has 0 bridgehead atoms. The molecule has 0 aromatic heterocycles. The van der Waals surface area contributed by atoms with Crippen molar-refractivity contribution in [1.29, 1.82) is 0 Å². The van der Waals surface area contributed by atoms with Gasteiger partial charge in [0, 0.05) is 6.54 Å². The number of hydrogen-bond acceptors (Lipinski definition) is 1. The van der Waals surface area contributed by atoms with Crippen LogP contribution in [0.3, 0.4) is 0 Å². The van der Waals surface area contributed by atoms with Crippen molar-refractivity contribution in [2.45, 2.75) is 19.3 Å². The number of rotatable bonds is 10. The lowest BCUT2D eigenvalue weighted by atomic mass is 10.1. The van der Waals surface area contributed by atoms with E-state index in [4.69, 9.17) is 11.5 Å². The van der Waals surface area contributed by atoms with Gasteiger partial charge in [-0.05, 0) is 55.7 Å². The monoisotopic (exact) mass is 474 g/mol. The Morgan fingerprint density at radius 2 is 1.29 bits per heavy atom. The molecule has 4 rings (SSSR count). The third-order valence-corrected chi connectivity index (χ3v) is 11.4. The van der Waals surface area contributed by atoms with Gasteiger partial charge in [0.15, 0.2) is 0 Å². The summed E-state index contributed by atoms with van der Waals surface area (Å²) in [5.74, 6) is 0.367. The van der Waals surface area contributed by atoms with Crippen molar-refractivity contribution in [3.05, 3.63) is 91.0 Å². The first-order valence-corrected chi connectivity index (χ1v) is 13.9. The van der Waals surface area contributed by atoms with Crippen molar-refractivity contribution in [3.8, 4) is 0 Å². The summed E-state index contributed by atoms with van der Waals surface area (Å²) in [6.07, 6.45) is 3.65. The lowest BCUT2D eigenvalue weighted by Crippen LogP contribution is -2.42. The normalized spacial score (nSPS) is 14.3. The zero-order valence-electron chi connectivity index (χ0n) is 19.9. The molecule has 3 aromatic carbocycles. The lowest BCUT2D eigenvalue weighted by molar-refractivity contribution is -0.507. The van der Waals surface area contributed by atoms with Crippen LogP contribution in [-0.4, -0.2) is 42.7 Å². The number of amides is 1. The van der Waals surface area contributed by atoms with E-state index in [1.54, 1.807) is 4.58 Å². The highest BCUT2D eigenvalue weighted by atomic mass is 31.2. The van der Waals surface area contributed by atoms with Gasteiger partial charge >= 0.3 is 5.96 Å². The van der Waals surface area contributed by atoms with Crippen molar-refractivity contribution in [1.82, 2.24) is 5.32 Å². The molecular weight excluding hydrogens is 439 g/mol. The predicted octanol–water partition coefficient (Wildman–Crippen LogP) is 2.18. The fourth-order valence-electron chi connectivity index (χ4n) is 4.74. The molecule has 0 atom stereocenters. The van der Waals surface area contributed by atoms with Crippen LogP contribution in [0.5, 0.6) is 0 Å². The van der Waals surface area contributed by atoms with E-state index in [0.717, 1.165) is 25.4 Å². The summed E-state index contributed by atoms with van der Waals surface area (Å²) >= 11 is 0. The van der Waals surface area contributed by atoms with E-state index in [1.807, 2.05) is 7.05 Å². The van der Waals surface area contributed by atoms with Crippen LogP contribution in [0.2, 0.25) is 0 Å². The molecule has 1 aliphatic carbocycles. The Morgan fingerprint density at radius 3 is 1.68 bits per heavy atom. The second-order valence-corrected chi connectivity index (χ2v) is 12.8. The van der Waals surface area contributed by atoms with Gasteiger partial charge in [-0.15, -0.1) is 0 Å². The molecule has 0 saturated heterocycles. The highest BCUT2D eigenvalue weighted by Gasteiger charge is 2.51. The van der Waals surface area contributed by atoms with Crippen LogP contribution in [0, 0.1) is 5.41 Å². The molecule has 34 heavy (non-hydrogen) atoms. The molecule has 0 radical (unpaired) electrons. The van der Waals surface area contributed by atoms with Crippen LogP contribution >= 0.6 is 7.26 Å². The third kappa shape index (κ3) is 5.00. The maximum atomic E-state index is 13.0. The van der Waals surface area contributed by atoms with Gasteiger partial charge in [0.05, 0.1) is 25.2 Å². The van der Waals surface area contributed by atoms with Crippen molar-refractivity contribution >= 4 is 35.0 Å². The topological polar surface area (TPSA) is 84.1 Å². The first kappa shape index (κ1) is 24.0. The largest absolute Gasteiger partial charge is 0.355 e. The molecule has 1 amide bonds. The predicted molar refractivity (Wildman–Crippen MR) is 144 cm³/mol. The highest BCUT2D eigenvalue weighted by Crippen LogP contribution is 2.55. The number of nitrogens with zero attached hydrogens (tertiary/aromatic N) is 1. The zero-order valence-corrected chi connectivity index (χ0v) is 20.8. The van der Waals surface area contributed by atoms with Crippen molar-refractivity contribution in [3.63, 3.8) is 0 Å². The number of benzene rings is 3. The maximum Gasteiger partial charge on any atom is 0.340 e. The molecule has 1 fully saturated rings. The minimum absolute atomic E-state index is 0.115. The number of carbonyl (C=O) groups excluding carboxylic acids is 1. The average Bonchev–Trinajstić information content (AvgIpc) is 3.66. The summed E-state index contributed by atoms with van der Waals surface area (Å²) in [6, 6.07) is 32.6. The minimum atomic E-state index is -1.87. The Balaban J connectivity index is 1.56. The van der Waals surface area contributed by atoms with Gasteiger partial charge in [-0.2, -0.15) is 0 Å². The average molecular weight is 475 g/mol. The van der Waals surface area contributed by atoms with Gasteiger partial charge in [-0.1, -0.05) is 54.6 Å². The Bertz CT molecular complexity index is 1030. The van der Waals surface area contributed by atoms with Crippen molar-refractivity contribution in [2.24, 2.45) is 16.9 Å². The molecule has 1 saturated carbocycles. The fraction of sp³-hybridized carbons (Fsp3) is 0.286. The van der Waals surface area contributed by atoms with E-state index in [1.165, 1.54) is 15.9 Å². The molecule has 5 N–H and O–H groups in total. The molecular formula is C28H35N4OP+2. The Kier molecular flexibility index (Phi) is 7.33. The molecule has 0 unspecified atom stereocenters. The second-order valence-electron chi connectivity index (χ2n) is 9.21. The summed E-state index contributed by atoms with van der Waals surface area (Å²) < 4.78 is 1.77. The van der Waals surface area contributed by atoms with Gasteiger partial charge < -0.3 is 5.32 Å². The van der Waals surface area contributed by atoms with E-state index in [9.17, 15) is 4.79 Å². The molecule has 176 valence electrons.